The highest BCUT2D eigenvalue weighted by atomic mass is 79.9. The van der Waals surface area contributed by atoms with Gasteiger partial charge in [0.05, 0.1) is 10.5 Å². The minimum atomic E-state index is -0.314. The van der Waals surface area contributed by atoms with Crippen molar-refractivity contribution in [2.45, 2.75) is 26.2 Å². The fraction of sp³-hybridized carbons (Fsp3) is 0.286. The molecule has 5 heteroatoms. The van der Waals surface area contributed by atoms with E-state index in [-0.39, 0.29) is 16.0 Å². The van der Waals surface area contributed by atoms with Crippen molar-refractivity contribution in [3.8, 4) is 11.3 Å². The Morgan fingerprint density at radius 2 is 1.89 bits per heavy atom. The van der Waals surface area contributed by atoms with Crippen LogP contribution < -0.4 is 0 Å². The van der Waals surface area contributed by atoms with Gasteiger partial charge in [-0.15, -0.1) is 0 Å². The van der Waals surface area contributed by atoms with Gasteiger partial charge in [0.25, 0.3) is 5.69 Å². The molecule has 1 N–H and O–H groups in total. The number of nitrogens with one attached hydrogen (secondary N) is 1. The Labute approximate surface area is 120 Å². The molecule has 1 aromatic carbocycles. The average molecular weight is 323 g/mol. The van der Waals surface area contributed by atoms with E-state index in [1.807, 2.05) is 45.0 Å². The van der Waals surface area contributed by atoms with Crippen LogP contribution in [0.4, 0.5) is 5.69 Å². The maximum Gasteiger partial charge on any atom is 0.298 e. The van der Waals surface area contributed by atoms with Crippen molar-refractivity contribution >= 4 is 21.6 Å². The predicted molar refractivity (Wildman–Crippen MR) is 79.3 cm³/mol. The molecular formula is C14H15BrN2O2. The summed E-state index contributed by atoms with van der Waals surface area (Å²) in [5, 5.41) is 11.4. The number of nitro groups is 1. The molecule has 1 heterocycles. The number of aromatic amines is 1. The summed E-state index contributed by atoms with van der Waals surface area (Å²) < 4.78 is 0.834. The molecule has 4 nitrogen and oxygen atoms in total. The summed E-state index contributed by atoms with van der Waals surface area (Å²) in [6.07, 6.45) is 1.73. The molecule has 0 spiro atoms. The standard InChI is InChI=1S/C14H15BrN2O2/c1-14(2,3)10-8-16-12(13(10)17(18)19)9-6-4-5-7-11(9)15/h4-8,16H,1-3H3. The van der Waals surface area contributed by atoms with Crippen LogP contribution in [0.5, 0.6) is 0 Å². The van der Waals surface area contributed by atoms with E-state index in [4.69, 9.17) is 0 Å². The Morgan fingerprint density at radius 3 is 2.42 bits per heavy atom. The molecule has 0 bridgehead atoms. The maximum absolute atomic E-state index is 11.4. The quantitative estimate of drug-likeness (QED) is 0.646. The van der Waals surface area contributed by atoms with Gasteiger partial charge in [0.15, 0.2) is 0 Å². The average Bonchev–Trinajstić information content (AvgIpc) is 2.73. The lowest BCUT2D eigenvalue weighted by molar-refractivity contribution is -0.385. The molecule has 100 valence electrons. The van der Waals surface area contributed by atoms with Gasteiger partial charge in [-0.25, -0.2) is 0 Å². The Morgan fingerprint density at radius 1 is 1.26 bits per heavy atom. The molecule has 0 aliphatic rings. The largest absolute Gasteiger partial charge is 0.355 e. The lowest BCUT2D eigenvalue weighted by Crippen LogP contribution is -2.12. The second-order valence-electron chi connectivity index (χ2n) is 5.41. The van der Waals surface area contributed by atoms with Crippen LogP contribution in [0.1, 0.15) is 26.3 Å². The van der Waals surface area contributed by atoms with Crippen LogP contribution in [0.2, 0.25) is 0 Å². The van der Waals surface area contributed by atoms with E-state index >= 15 is 0 Å². The highest BCUT2D eigenvalue weighted by Gasteiger charge is 2.31. The molecule has 0 amide bonds. The first-order valence-electron chi connectivity index (χ1n) is 5.93. The topological polar surface area (TPSA) is 58.9 Å². The zero-order valence-corrected chi connectivity index (χ0v) is 12.6. The molecule has 0 aliphatic carbocycles. The van der Waals surface area contributed by atoms with E-state index in [1.54, 1.807) is 6.20 Å². The number of hydrogen-bond donors (Lipinski definition) is 1. The second kappa shape index (κ2) is 4.81. The lowest BCUT2D eigenvalue weighted by Gasteiger charge is -2.15. The van der Waals surface area contributed by atoms with Crippen LogP contribution >= 0.6 is 15.9 Å². The minimum absolute atomic E-state index is 0.152. The van der Waals surface area contributed by atoms with Crippen molar-refractivity contribution in [2.75, 3.05) is 0 Å². The Bertz CT molecular complexity index is 627. The summed E-state index contributed by atoms with van der Waals surface area (Å²) in [5.74, 6) is 0. The number of rotatable bonds is 2. The fourth-order valence-electron chi connectivity index (χ4n) is 2.05. The molecule has 0 aliphatic heterocycles. The predicted octanol–water partition coefficient (Wildman–Crippen LogP) is 4.65. The molecule has 19 heavy (non-hydrogen) atoms. The van der Waals surface area contributed by atoms with Crippen molar-refractivity contribution < 1.29 is 4.92 Å². The van der Waals surface area contributed by atoms with Crippen LogP contribution in [-0.2, 0) is 5.41 Å². The van der Waals surface area contributed by atoms with E-state index in [1.165, 1.54) is 0 Å². The number of nitrogens with zero attached hydrogens (tertiary/aromatic N) is 1. The molecule has 1 aromatic heterocycles. The van der Waals surface area contributed by atoms with E-state index in [0.29, 0.717) is 11.3 Å². The third-order valence-electron chi connectivity index (χ3n) is 2.99. The Balaban J connectivity index is 2.70. The van der Waals surface area contributed by atoms with Gasteiger partial charge < -0.3 is 4.98 Å². The van der Waals surface area contributed by atoms with Crippen LogP contribution in [0.15, 0.2) is 34.9 Å². The van der Waals surface area contributed by atoms with Gasteiger partial charge >= 0.3 is 0 Å². The highest BCUT2D eigenvalue weighted by molar-refractivity contribution is 9.10. The maximum atomic E-state index is 11.4. The van der Waals surface area contributed by atoms with E-state index in [2.05, 4.69) is 20.9 Å². The summed E-state index contributed by atoms with van der Waals surface area (Å²) in [6.45, 7) is 5.90. The van der Waals surface area contributed by atoms with Gasteiger partial charge in [-0.2, -0.15) is 0 Å². The summed E-state index contributed by atoms with van der Waals surface area (Å²) in [7, 11) is 0. The minimum Gasteiger partial charge on any atom is -0.355 e. The van der Waals surface area contributed by atoms with Crippen LogP contribution in [0, 0.1) is 10.1 Å². The molecule has 0 saturated carbocycles. The zero-order valence-electron chi connectivity index (χ0n) is 11.0. The molecule has 0 unspecified atom stereocenters. The third kappa shape index (κ3) is 2.56. The van der Waals surface area contributed by atoms with Crippen molar-refractivity contribution in [3.63, 3.8) is 0 Å². The van der Waals surface area contributed by atoms with Gasteiger partial charge in [0.2, 0.25) is 0 Å². The number of hydrogen-bond acceptors (Lipinski definition) is 2. The van der Waals surface area contributed by atoms with E-state index < -0.39 is 0 Å². The van der Waals surface area contributed by atoms with Gasteiger partial charge in [0.1, 0.15) is 5.69 Å². The number of aromatic nitrogens is 1. The first-order valence-corrected chi connectivity index (χ1v) is 6.73. The molecule has 0 fully saturated rings. The zero-order chi connectivity index (χ0) is 14.2. The second-order valence-corrected chi connectivity index (χ2v) is 6.27. The first-order chi connectivity index (χ1) is 8.82. The van der Waals surface area contributed by atoms with Gasteiger partial charge in [-0.05, 0) is 11.5 Å². The molecule has 0 atom stereocenters. The third-order valence-corrected chi connectivity index (χ3v) is 3.68. The van der Waals surface area contributed by atoms with Gasteiger partial charge in [0, 0.05) is 16.2 Å². The molecular weight excluding hydrogens is 308 g/mol. The SMILES string of the molecule is CC(C)(C)c1c[nH]c(-c2ccccc2Br)c1[N+](=O)[O-]. The molecule has 0 saturated heterocycles. The molecule has 2 rings (SSSR count). The summed E-state index contributed by atoms with van der Waals surface area (Å²) in [4.78, 5) is 14.1. The summed E-state index contributed by atoms with van der Waals surface area (Å²) >= 11 is 3.43. The van der Waals surface area contributed by atoms with Crippen molar-refractivity contribution in [1.29, 1.82) is 0 Å². The van der Waals surface area contributed by atoms with Crippen LogP contribution in [0.25, 0.3) is 11.3 Å². The number of halogens is 1. The number of H-pyrrole nitrogens is 1. The lowest BCUT2D eigenvalue weighted by atomic mass is 9.87. The first kappa shape index (κ1) is 13.8. The summed E-state index contributed by atoms with van der Waals surface area (Å²) in [6, 6.07) is 7.47. The van der Waals surface area contributed by atoms with E-state index in [0.717, 1.165) is 10.0 Å². The Hall–Kier alpha value is -1.62. The van der Waals surface area contributed by atoms with Gasteiger partial charge in [-0.3, -0.25) is 10.1 Å². The molecule has 2 aromatic rings. The van der Waals surface area contributed by atoms with Crippen molar-refractivity contribution in [3.05, 3.63) is 50.6 Å². The van der Waals surface area contributed by atoms with Crippen molar-refractivity contribution in [2.24, 2.45) is 0 Å². The number of benzene rings is 1. The van der Waals surface area contributed by atoms with Crippen LogP contribution in [-0.4, -0.2) is 9.91 Å². The smallest absolute Gasteiger partial charge is 0.298 e. The molecule has 0 radical (unpaired) electrons. The van der Waals surface area contributed by atoms with Gasteiger partial charge in [-0.1, -0.05) is 54.9 Å². The normalized spacial score (nSPS) is 11.6. The van der Waals surface area contributed by atoms with Crippen LogP contribution in [0.3, 0.4) is 0 Å². The van der Waals surface area contributed by atoms with E-state index in [9.17, 15) is 10.1 Å². The fourth-order valence-corrected chi connectivity index (χ4v) is 2.53. The summed E-state index contributed by atoms with van der Waals surface area (Å²) in [5.41, 5.74) is 1.92. The Kier molecular flexibility index (Phi) is 3.49. The highest BCUT2D eigenvalue weighted by Crippen LogP contribution is 2.40. The monoisotopic (exact) mass is 322 g/mol. The van der Waals surface area contributed by atoms with Crippen molar-refractivity contribution in [1.82, 2.24) is 4.98 Å².